The predicted octanol–water partition coefficient (Wildman–Crippen LogP) is 0.894. The topological polar surface area (TPSA) is 78.7 Å². The van der Waals surface area contributed by atoms with Crippen molar-refractivity contribution in [1.29, 1.82) is 0 Å². The molecule has 124 valence electrons. The average Bonchev–Trinajstić information content (AvgIpc) is 3.01. The Bertz CT molecular complexity index is 572. The second kappa shape index (κ2) is 7.10. The monoisotopic (exact) mass is 316 g/mol. The van der Waals surface area contributed by atoms with Gasteiger partial charge < -0.3 is 11.1 Å². The van der Waals surface area contributed by atoms with Crippen molar-refractivity contribution in [2.75, 3.05) is 38.0 Å². The van der Waals surface area contributed by atoms with Crippen molar-refractivity contribution in [2.45, 2.75) is 25.3 Å². The lowest BCUT2D eigenvalue weighted by molar-refractivity contribution is -0.116. The molecule has 2 aliphatic heterocycles. The van der Waals surface area contributed by atoms with Crippen LogP contribution in [0, 0.1) is 0 Å². The minimum absolute atomic E-state index is 0.00526. The van der Waals surface area contributed by atoms with Gasteiger partial charge in [0.05, 0.1) is 0 Å². The summed E-state index contributed by atoms with van der Waals surface area (Å²) in [5.41, 5.74) is 6.33. The quantitative estimate of drug-likeness (QED) is 0.846. The second-order valence-corrected chi connectivity index (χ2v) is 6.37. The highest BCUT2D eigenvalue weighted by Gasteiger charge is 2.30. The summed E-state index contributed by atoms with van der Waals surface area (Å²) in [5.74, 6) is -0.459. The molecule has 23 heavy (non-hydrogen) atoms. The number of benzene rings is 1. The summed E-state index contributed by atoms with van der Waals surface area (Å²) < 4.78 is 0. The maximum atomic E-state index is 12.1. The molecule has 1 atom stereocenters. The van der Waals surface area contributed by atoms with Crippen LogP contribution in [0.15, 0.2) is 24.3 Å². The largest absolute Gasteiger partial charge is 0.366 e. The van der Waals surface area contributed by atoms with Crippen molar-refractivity contribution in [2.24, 2.45) is 5.73 Å². The van der Waals surface area contributed by atoms with Gasteiger partial charge in [0.25, 0.3) is 0 Å². The molecular weight excluding hydrogens is 292 g/mol. The lowest BCUT2D eigenvalue weighted by Gasteiger charge is -2.37. The van der Waals surface area contributed by atoms with E-state index in [2.05, 4.69) is 15.1 Å². The second-order valence-electron chi connectivity index (χ2n) is 6.37. The van der Waals surface area contributed by atoms with E-state index in [0.717, 1.165) is 26.2 Å². The fourth-order valence-electron chi connectivity index (χ4n) is 3.46. The maximum Gasteiger partial charge on any atom is 0.248 e. The number of primary amides is 1. The molecule has 2 amide bonds. The first-order valence-electron chi connectivity index (χ1n) is 8.28. The van der Waals surface area contributed by atoms with E-state index >= 15 is 0 Å². The fourth-order valence-corrected chi connectivity index (χ4v) is 3.46. The Morgan fingerprint density at radius 2 is 1.96 bits per heavy atom. The van der Waals surface area contributed by atoms with Crippen LogP contribution in [-0.4, -0.2) is 60.4 Å². The fraction of sp³-hybridized carbons (Fsp3) is 0.529. The first kappa shape index (κ1) is 16.0. The lowest BCUT2D eigenvalue weighted by Crippen LogP contribution is -2.50. The first-order chi connectivity index (χ1) is 11.1. The van der Waals surface area contributed by atoms with Crippen LogP contribution in [0.25, 0.3) is 0 Å². The van der Waals surface area contributed by atoms with Crippen LogP contribution < -0.4 is 11.1 Å². The molecule has 2 fully saturated rings. The van der Waals surface area contributed by atoms with E-state index in [0.29, 0.717) is 23.7 Å². The van der Waals surface area contributed by atoms with Gasteiger partial charge in [-0.3, -0.25) is 19.4 Å². The average molecular weight is 316 g/mol. The number of hydrogen-bond acceptors (Lipinski definition) is 4. The van der Waals surface area contributed by atoms with Crippen molar-refractivity contribution < 1.29 is 9.59 Å². The van der Waals surface area contributed by atoms with Crippen molar-refractivity contribution in [3.05, 3.63) is 29.8 Å². The molecule has 0 radical (unpaired) electrons. The number of amides is 2. The van der Waals surface area contributed by atoms with Crippen LogP contribution in [0.2, 0.25) is 0 Å². The number of piperazine rings is 1. The number of nitrogens with one attached hydrogen (secondary N) is 1. The summed E-state index contributed by atoms with van der Waals surface area (Å²) >= 11 is 0. The molecule has 0 bridgehead atoms. The highest BCUT2D eigenvalue weighted by atomic mass is 16.2. The molecule has 0 saturated carbocycles. The van der Waals surface area contributed by atoms with E-state index < -0.39 is 5.91 Å². The molecule has 1 aromatic carbocycles. The molecule has 0 unspecified atom stereocenters. The predicted molar refractivity (Wildman–Crippen MR) is 89.2 cm³/mol. The van der Waals surface area contributed by atoms with E-state index in [-0.39, 0.29) is 5.91 Å². The molecule has 2 saturated heterocycles. The lowest BCUT2D eigenvalue weighted by atomic mass is 10.1. The highest BCUT2D eigenvalue weighted by Crippen LogP contribution is 2.21. The zero-order chi connectivity index (χ0) is 16.2. The zero-order valence-electron chi connectivity index (χ0n) is 13.3. The standard InChI is InChI=1S/C17H24N4O2/c18-17(23)13-3-5-14(6-4-13)19-16(22)7-9-20-10-11-21-8-1-2-15(21)12-20/h3-6,15H,1-2,7-12H2,(H2,18,23)(H,19,22)/t15-/m1/s1. The van der Waals surface area contributed by atoms with Crippen LogP contribution in [0.1, 0.15) is 29.6 Å². The summed E-state index contributed by atoms with van der Waals surface area (Å²) in [4.78, 5) is 28.0. The van der Waals surface area contributed by atoms with Gasteiger partial charge in [0.2, 0.25) is 11.8 Å². The minimum atomic E-state index is -0.464. The molecule has 6 nitrogen and oxygen atoms in total. The highest BCUT2D eigenvalue weighted by molar-refractivity contribution is 5.94. The van der Waals surface area contributed by atoms with Gasteiger partial charge in [0.15, 0.2) is 0 Å². The van der Waals surface area contributed by atoms with E-state index in [4.69, 9.17) is 5.73 Å². The molecular formula is C17H24N4O2. The van der Waals surface area contributed by atoms with E-state index in [9.17, 15) is 9.59 Å². The minimum Gasteiger partial charge on any atom is -0.366 e. The van der Waals surface area contributed by atoms with E-state index in [1.165, 1.54) is 19.4 Å². The number of nitrogens with two attached hydrogens (primary N) is 1. The van der Waals surface area contributed by atoms with Gasteiger partial charge in [-0.2, -0.15) is 0 Å². The van der Waals surface area contributed by atoms with E-state index in [1.807, 2.05) is 0 Å². The Morgan fingerprint density at radius 1 is 1.17 bits per heavy atom. The van der Waals surface area contributed by atoms with Crippen molar-refractivity contribution >= 4 is 17.5 Å². The Labute approximate surface area is 136 Å². The van der Waals surface area contributed by atoms with Crippen molar-refractivity contribution in [3.8, 4) is 0 Å². The van der Waals surface area contributed by atoms with Gasteiger partial charge in [-0.1, -0.05) is 0 Å². The smallest absolute Gasteiger partial charge is 0.248 e. The number of rotatable bonds is 5. The van der Waals surface area contributed by atoms with Gasteiger partial charge in [-0.25, -0.2) is 0 Å². The molecule has 3 N–H and O–H groups in total. The Hall–Kier alpha value is -1.92. The number of fused-ring (bicyclic) bond motifs is 1. The summed E-state index contributed by atoms with van der Waals surface area (Å²) in [7, 11) is 0. The molecule has 2 aliphatic rings. The van der Waals surface area contributed by atoms with Crippen LogP contribution in [0.4, 0.5) is 5.69 Å². The van der Waals surface area contributed by atoms with Crippen LogP contribution in [0.3, 0.4) is 0 Å². The van der Waals surface area contributed by atoms with Gasteiger partial charge in [0, 0.05) is 49.9 Å². The van der Waals surface area contributed by atoms with Crippen molar-refractivity contribution in [1.82, 2.24) is 9.80 Å². The third-order valence-corrected chi connectivity index (χ3v) is 4.78. The maximum absolute atomic E-state index is 12.1. The summed E-state index contributed by atoms with van der Waals surface area (Å²) in [6.07, 6.45) is 3.08. The number of hydrogen-bond donors (Lipinski definition) is 2. The molecule has 0 spiro atoms. The summed E-state index contributed by atoms with van der Waals surface area (Å²) in [6, 6.07) is 7.34. The number of carbonyl (C=O) groups is 2. The molecule has 1 aromatic rings. The zero-order valence-corrected chi connectivity index (χ0v) is 13.3. The molecule has 6 heteroatoms. The van der Waals surface area contributed by atoms with Crippen molar-refractivity contribution in [3.63, 3.8) is 0 Å². The van der Waals surface area contributed by atoms with Crippen LogP contribution in [0.5, 0.6) is 0 Å². The number of carbonyl (C=O) groups excluding carboxylic acids is 2. The third-order valence-electron chi connectivity index (χ3n) is 4.78. The molecule has 0 aliphatic carbocycles. The van der Waals surface area contributed by atoms with Gasteiger partial charge in [-0.05, 0) is 43.7 Å². The van der Waals surface area contributed by atoms with Crippen LogP contribution in [-0.2, 0) is 4.79 Å². The normalized spacial score (nSPS) is 21.8. The van der Waals surface area contributed by atoms with Gasteiger partial charge >= 0.3 is 0 Å². The third kappa shape index (κ3) is 4.09. The van der Waals surface area contributed by atoms with Gasteiger partial charge in [0.1, 0.15) is 0 Å². The number of anilines is 1. The molecule has 3 rings (SSSR count). The Kier molecular flexibility index (Phi) is 4.93. The Morgan fingerprint density at radius 3 is 2.70 bits per heavy atom. The summed E-state index contributed by atoms with van der Waals surface area (Å²) in [5, 5.41) is 2.87. The molecule has 2 heterocycles. The SMILES string of the molecule is NC(=O)c1ccc(NC(=O)CCN2CCN3CCC[C@@H]3C2)cc1. The Balaban J connectivity index is 1.43. The number of nitrogens with zero attached hydrogens (tertiary/aromatic N) is 2. The molecule has 0 aromatic heterocycles. The van der Waals surface area contributed by atoms with Crippen LogP contribution >= 0.6 is 0 Å². The first-order valence-corrected chi connectivity index (χ1v) is 8.28. The summed E-state index contributed by atoms with van der Waals surface area (Å²) in [6.45, 7) is 5.30. The van der Waals surface area contributed by atoms with Gasteiger partial charge in [-0.15, -0.1) is 0 Å². The van der Waals surface area contributed by atoms with E-state index in [1.54, 1.807) is 24.3 Å².